The molecule has 1 amide bonds. The number of piperidine rings is 1. The Balaban J connectivity index is 1.41. The van der Waals surface area contributed by atoms with E-state index in [-0.39, 0.29) is 17.8 Å². The fraction of sp³-hybridized carbons (Fsp3) is 0.381. The van der Waals surface area contributed by atoms with E-state index in [0.29, 0.717) is 6.42 Å². The number of rotatable bonds is 6. The minimum absolute atomic E-state index is 0.0622. The summed E-state index contributed by atoms with van der Waals surface area (Å²) < 4.78 is 18.1. The van der Waals surface area contributed by atoms with Crippen molar-refractivity contribution < 1.29 is 13.9 Å². The van der Waals surface area contributed by atoms with E-state index in [0.717, 1.165) is 49.4 Å². The minimum Gasteiger partial charge on any atom is -0.497 e. The molecule has 1 aliphatic rings. The smallest absolute Gasteiger partial charge is 0.224 e. The molecule has 1 fully saturated rings. The highest BCUT2D eigenvalue weighted by molar-refractivity contribution is 5.78. The van der Waals surface area contributed by atoms with Crippen LogP contribution in [0, 0.1) is 5.82 Å². The van der Waals surface area contributed by atoms with Crippen LogP contribution in [0.3, 0.4) is 0 Å². The highest BCUT2D eigenvalue weighted by atomic mass is 19.1. The predicted octanol–water partition coefficient (Wildman–Crippen LogP) is 3.16. The van der Waals surface area contributed by atoms with Crippen LogP contribution in [0.25, 0.3) is 0 Å². The molecule has 1 aliphatic heterocycles. The summed E-state index contributed by atoms with van der Waals surface area (Å²) in [6, 6.07) is 14.5. The highest BCUT2D eigenvalue weighted by Gasteiger charge is 2.20. The Morgan fingerprint density at radius 1 is 1.08 bits per heavy atom. The maximum absolute atomic E-state index is 13.0. The Kier molecular flexibility index (Phi) is 6.23. The van der Waals surface area contributed by atoms with E-state index in [4.69, 9.17) is 4.74 Å². The number of ether oxygens (including phenoxy) is 1. The molecule has 4 nitrogen and oxygen atoms in total. The van der Waals surface area contributed by atoms with Gasteiger partial charge in [-0.25, -0.2) is 4.39 Å². The molecule has 0 unspecified atom stereocenters. The summed E-state index contributed by atoms with van der Waals surface area (Å²) in [5.74, 6) is 0.655. The van der Waals surface area contributed by atoms with Gasteiger partial charge in [0.15, 0.2) is 0 Å². The third-order valence-electron chi connectivity index (χ3n) is 4.80. The van der Waals surface area contributed by atoms with E-state index >= 15 is 0 Å². The van der Waals surface area contributed by atoms with Crippen LogP contribution < -0.4 is 10.1 Å². The standard InChI is InChI=1S/C21H25FN2O2/c1-26-20-8-4-16(5-9-20)14-21(25)23-19-10-12-24(13-11-19)15-17-2-6-18(22)7-3-17/h2-9,19H,10-15H2,1H3,(H,23,25). The first-order chi connectivity index (χ1) is 12.6. The monoisotopic (exact) mass is 356 g/mol. The Morgan fingerprint density at radius 2 is 1.69 bits per heavy atom. The highest BCUT2D eigenvalue weighted by Crippen LogP contribution is 2.15. The quantitative estimate of drug-likeness (QED) is 0.864. The molecule has 0 radical (unpaired) electrons. The number of carbonyl (C=O) groups is 1. The van der Waals surface area contributed by atoms with Crippen molar-refractivity contribution in [3.63, 3.8) is 0 Å². The number of halogens is 1. The summed E-state index contributed by atoms with van der Waals surface area (Å²) in [5.41, 5.74) is 2.10. The average Bonchev–Trinajstić information content (AvgIpc) is 2.66. The summed E-state index contributed by atoms with van der Waals surface area (Å²) in [6.45, 7) is 2.70. The van der Waals surface area contributed by atoms with E-state index < -0.39 is 0 Å². The third kappa shape index (κ3) is 5.30. The lowest BCUT2D eigenvalue weighted by atomic mass is 10.0. The van der Waals surface area contributed by atoms with Gasteiger partial charge < -0.3 is 10.1 Å². The summed E-state index contributed by atoms with van der Waals surface area (Å²) >= 11 is 0. The number of nitrogens with zero attached hydrogens (tertiary/aromatic N) is 1. The third-order valence-corrected chi connectivity index (χ3v) is 4.80. The molecule has 0 aromatic heterocycles. The zero-order valence-electron chi connectivity index (χ0n) is 15.1. The van der Waals surface area contributed by atoms with Crippen molar-refractivity contribution in [1.82, 2.24) is 10.2 Å². The summed E-state index contributed by atoms with van der Waals surface area (Å²) in [5, 5.41) is 3.14. The molecule has 26 heavy (non-hydrogen) atoms. The molecule has 0 saturated carbocycles. The molecule has 2 aromatic rings. The second kappa shape index (κ2) is 8.81. The fourth-order valence-corrected chi connectivity index (χ4v) is 3.29. The van der Waals surface area contributed by atoms with Gasteiger partial charge in [-0.05, 0) is 48.2 Å². The molecule has 0 aliphatic carbocycles. The van der Waals surface area contributed by atoms with Crippen LogP contribution in [0.2, 0.25) is 0 Å². The first kappa shape index (κ1) is 18.4. The van der Waals surface area contributed by atoms with Crippen LogP contribution in [-0.2, 0) is 17.8 Å². The van der Waals surface area contributed by atoms with Gasteiger partial charge in [-0.2, -0.15) is 0 Å². The van der Waals surface area contributed by atoms with Gasteiger partial charge >= 0.3 is 0 Å². The first-order valence-corrected chi connectivity index (χ1v) is 9.01. The van der Waals surface area contributed by atoms with Crippen molar-refractivity contribution in [2.45, 2.75) is 31.8 Å². The second-order valence-electron chi connectivity index (χ2n) is 6.77. The van der Waals surface area contributed by atoms with Crippen LogP contribution in [-0.4, -0.2) is 37.0 Å². The van der Waals surface area contributed by atoms with Crippen LogP contribution in [0.5, 0.6) is 5.75 Å². The van der Waals surface area contributed by atoms with Gasteiger partial charge in [-0.15, -0.1) is 0 Å². The van der Waals surface area contributed by atoms with Crippen molar-refractivity contribution in [3.8, 4) is 5.75 Å². The SMILES string of the molecule is COc1ccc(CC(=O)NC2CCN(Cc3ccc(F)cc3)CC2)cc1. The van der Waals surface area contributed by atoms with Crippen molar-refractivity contribution in [2.24, 2.45) is 0 Å². The van der Waals surface area contributed by atoms with E-state index in [9.17, 15) is 9.18 Å². The zero-order valence-corrected chi connectivity index (χ0v) is 15.1. The fourth-order valence-electron chi connectivity index (χ4n) is 3.29. The summed E-state index contributed by atoms with van der Waals surface area (Å²) in [7, 11) is 1.63. The number of amides is 1. The molecule has 0 atom stereocenters. The number of benzene rings is 2. The van der Waals surface area contributed by atoms with Gasteiger partial charge in [0.05, 0.1) is 13.5 Å². The number of nitrogens with one attached hydrogen (secondary N) is 1. The van der Waals surface area contributed by atoms with Gasteiger partial charge in [0.2, 0.25) is 5.91 Å². The maximum atomic E-state index is 13.0. The Labute approximate surface area is 154 Å². The van der Waals surface area contributed by atoms with Crippen molar-refractivity contribution in [3.05, 3.63) is 65.5 Å². The number of likely N-dealkylation sites (tertiary alicyclic amines) is 1. The van der Waals surface area contributed by atoms with Crippen molar-refractivity contribution >= 4 is 5.91 Å². The van der Waals surface area contributed by atoms with Gasteiger partial charge in [0.25, 0.3) is 0 Å². The van der Waals surface area contributed by atoms with Crippen molar-refractivity contribution in [1.29, 1.82) is 0 Å². The lowest BCUT2D eigenvalue weighted by Gasteiger charge is -2.32. The molecule has 3 rings (SSSR count). The molecule has 0 spiro atoms. The maximum Gasteiger partial charge on any atom is 0.224 e. The van der Waals surface area contributed by atoms with E-state index in [1.165, 1.54) is 12.1 Å². The Bertz CT molecular complexity index is 708. The van der Waals surface area contributed by atoms with Crippen LogP contribution in [0.1, 0.15) is 24.0 Å². The molecule has 1 N–H and O–H groups in total. The lowest BCUT2D eigenvalue weighted by Crippen LogP contribution is -2.44. The molecular formula is C21H25FN2O2. The number of carbonyl (C=O) groups excluding carboxylic acids is 1. The number of methoxy groups -OCH3 is 1. The van der Waals surface area contributed by atoms with Crippen LogP contribution >= 0.6 is 0 Å². The molecule has 0 bridgehead atoms. The van der Waals surface area contributed by atoms with Gasteiger partial charge in [-0.1, -0.05) is 24.3 Å². The Morgan fingerprint density at radius 3 is 2.31 bits per heavy atom. The van der Waals surface area contributed by atoms with E-state index in [1.54, 1.807) is 7.11 Å². The molecule has 5 heteroatoms. The molecular weight excluding hydrogens is 331 g/mol. The van der Waals surface area contributed by atoms with E-state index in [1.807, 2.05) is 36.4 Å². The molecule has 2 aromatic carbocycles. The molecule has 138 valence electrons. The lowest BCUT2D eigenvalue weighted by molar-refractivity contribution is -0.121. The van der Waals surface area contributed by atoms with E-state index in [2.05, 4.69) is 10.2 Å². The van der Waals surface area contributed by atoms with Gasteiger partial charge in [0.1, 0.15) is 11.6 Å². The number of hydrogen-bond donors (Lipinski definition) is 1. The van der Waals surface area contributed by atoms with Crippen LogP contribution in [0.15, 0.2) is 48.5 Å². The predicted molar refractivity (Wildman–Crippen MR) is 99.5 cm³/mol. The zero-order chi connectivity index (χ0) is 18.4. The Hall–Kier alpha value is -2.40. The van der Waals surface area contributed by atoms with Gasteiger partial charge in [0, 0.05) is 25.7 Å². The first-order valence-electron chi connectivity index (χ1n) is 9.01. The minimum atomic E-state index is -0.202. The topological polar surface area (TPSA) is 41.6 Å². The normalized spacial score (nSPS) is 15.6. The summed E-state index contributed by atoms with van der Waals surface area (Å²) in [4.78, 5) is 14.6. The second-order valence-corrected chi connectivity index (χ2v) is 6.77. The number of hydrogen-bond acceptors (Lipinski definition) is 3. The van der Waals surface area contributed by atoms with Crippen molar-refractivity contribution in [2.75, 3.05) is 20.2 Å². The average molecular weight is 356 g/mol. The molecule has 1 heterocycles. The van der Waals surface area contributed by atoms with Gasteiger partial charge in [-0.3, -0.25) is 9.69 Å². The summed E-state index contributed by atoms with van der Waals surface area (Å²) in [6.07, 6.45) is 2.27. The van der Waals surface area contributed by atoms with Crippen LogP contribution in [0.4, 0.5) is 4.39 Å². The molecule has 1 saturated heterocycles. The largest absolute Gasteiger partial charge is 0.497 e.